The van der Waals surface area contributed by atoms with E-state index in [0.29, 0.717) is 31.2 Å². The van der Waals surface area contributed by atoms with Gasteiger partial charge in [-0.25, -0.2) is 4.68 Å². The molecule has 3 amide bonds. The molecule has 0 bridgehead atoms. The van der Waals surface area contributed by atoms with Crippen molar-refractivity contribution in [2.24, 2.45) is 0 Å². The third-order valence-electron chi connectivity index (χ3n) is 5.87. The summed E-state index contributed by atoms with van der Waals surface area (Å²) >= 11 is 5.98. The standard InChI is InChI=1S/C22H26ClN5O3/c1-14-19(15(2)28(25-14)18-7-3-16(23)4-8-18)13-20(29)26-9-11-27(12-10-26)22(31)21(30)24-17-5-6-17/h3-4,7-8,17H,5-6,9-13H2,1-2H3,(H,24,30). The summed E-state index contributed by atoms with van der Waals surface area (Å²) in [6.07, 6.45) is 2.13. The van der Waals surface area contributed by atoms with Crippen molar-refractivity contribution in [2.45, 2.75) is 39.2 Å². The molecule has 31 heavy (non-hydrogen) atoms. The van der Waals surface area contributed by atoms with Crippen LogP contribution in [0.2, 0.25) is 5.02 Å². The van der Waals surface area contributed by atoms with E-state index in [1.807, 2.05) is 42.8 Å². The monoisotopic (exact) mass is 443 g/mol. The van der Waals surface area contributed by atoms with Crippen LogP contribution in [0.4, 0.5) is 0 Å². The highest BCUT2D eigenvalue weighted by molar-refractivity contribution is 6.35. The Morgan fingerprint density at radius 2 is 1.65 bits per heavy atom. The highest BCUT2D eigenvalue weighted by Gasteiger charge is 2.31. The zero-order valence-electron chi connectivity index (χ0n) is 17.7. The lowest BCUT2D eigenvalue weighted by molar-refractivity contribution is -0.148. The van der Waals surface area contributed by atoms with Crippen LogP contribution in [-0.4, -0.2) is 69.5 Å². The molecule has 2 heterocycles. The number of aryl methyl sites for hydroxylation is 1. The maximum absolute atomic E-state index is 12.9. The van der Waals surface area contributed by atoms with Gasteiger partial charge in [-0.05, 0) is 51.0 Å². The van der Waals surface area contributed by atoms with Crippen molar-refractivity contribution in [1.82, 2.24) is 24.9 Å². The van der Waals surface area contributed by atoms with Gasteiger partial charge in [-0.3, -0.25) is 14.4 Å². The minimum atomic E-state index is -0.539. The van der Waals surface area contributed by atoms with Crippen LogP contribution in [0.3, 0.4) is 0 Å². The largest absolute Gasteiger partial charge is 0.345 e. The Bertz CT molecular complexity index is 1000. The van der Waals surface area contributed by atoms with Crippen LogP contribution in [0.15, 0.2) is 24.3 Å². The second-order valence-corrected chi connectivity index (χ2v) is 8.57. The van der Waals surface area contributed by atoms with Crippen LogP contribution in [0, 0.1) is 13.8 Å². The molecule has 1 aromatic carbocycles. The number of nitrogens with zero attached hydrogens (tertiary/aromatic N) is 4. The van der Waals surface area contributed by atoms with Crippen LogP contribution in [0.25, 0.3) is 5.69 Å². The molecule has 1 aliphatic heterocycles. The minimum absolute atomic E-state index is 0.00335. The Labute approximate surface area is 186 Å². The zero-order chi connectivity index (χ0) is 22.1. The quantitative estimate of drug-likeness (QED) is 0.727. The molecule has 0 spiro atoms. The Kier molecular flexibility index (Phi) is 6.00. The molecule has 2 aromatic rings. The van der Waals surface area contributed by atoms with E-state index in [1.54, 1.807) is 4.90 Å². The number of nitrogens with one attached hydrogen (secondary N) is 1. The molecule has 0 atom stereocenters. The summed E-state index contributed by atoms with van der Waals surface area (Å²) in [5, 5.41) is 7.97. The van der Waals surface area contributed by atoms with Crippen molar-refractivity contribution < 1.29 is 14.4 Å². The van der Waals surface area contributed by atoms with Gasteiger partial charge in [0, 0.05) is 48.5 Å². The number of carbonyl (C=O) groups excluding carboxylic acids is 3. The van der Waals surface area contributed by atoms with E-state index in [2.05, 4.69) is 10.4 Å². The summed E-state index contributed by atoms with van der Waals surface area (Å²) < 4.78 is 1.82. The van der Waals surface area contributed by atoms with E-state index in [1.165, 1.54) is 4.90 Å². The molecule has 2 fully saturated rings. The Morgan fingerprint density at radius 3 is 2.26 bits per heavy atom. The van der Waals surface area contributed by atoms with Crippen molar-refractivity contribution >= 4 is 29.3 Å². The molecular weight excluding hydrogens is 418 g/mol. The van der Waals surface area contributed by atoms with Gasteiger partial charge in [0.15, 0.2) is 0 Å². The van der Waals surface area contributed by atoms with Crippen LogP contribution in [-0.2, 0) is 20.8 Å². The number of hydrogen-bond acceptors (Lipinski definition) is 4. The van der Waals surface area contributed by atoms with Gasteiger partial charge in [-0.15, -0.1) is 0 Å². The van der Waals surface area contributed by atoms with E-state index in [4.69, 9.17) is 11.6 Å². The molecule has 1 N–H and O–H groups in total. The maximum atomic E-state index is 12.9. The molecule has 4 rings (SSSR count). The maximum Gasteiger partial charge on any atom is 0.312 e. The predicted octanol–water partition coefficient (Wildman–Crippen LogP) is 1.63. The number of rotatable bonds is 4. The number of aromatic nitrogens is 2. The lowest BCUT2D eigenvalue weighted by Crippen LogP contribution is -2.54. The molecule has 1 saturated heterocycles. The Hall–Kier alpha value is -2.87. The number of piperazine rings is 1. The number of hydrogen-bond donors (Lipinski definition) is 1. The van der Waals surface area contributed by atoms with Crippen molar-refractivity contribution in [2.75, 3.05) is 26.2 Å². The van der Waals surface area contributed by atoms with E-state index in [9.17, 15) is 14.4 Å². The van der Waals surface area contributed by atoms with Gasteiger partial charge in [-0.2, -0.15) is 5.10 Å². The molecule has 0 radical (unpaired) electrons. The topological polar surface area (TPSA) is 87.5 Å². The van der Waals surface area contributed by atoms with Crippen LogP contribution in [0.5, 0.6) is 0 Å². The van der Waals surface area contributed by atoms with Gasteiger partial charge in [-0.1, -0.05) is 11.6 Å². The Morgan fingerprint density at radius 1 is 1.03 bits per heavy atom. The molecule has 1 aliphatic carbocycles. The predicted molar refractivity (Wildman–Crippen MR) is 116 cm³/mol. The fraction of sp³-hybridized carbons (Fsp3) is 0.455. The molecule has 1 aromatic heterocycles. The van der Waals surface area contributed by atoms with Gasteiger partial charge < -0.3 is 15.1 Å². The van der Waals surface area contributed by atoms with Crippen molar-refractivity contribution in [3.8, 4) is 5.69 Å². The average molecular weight is 444 g/mol. The third-order valence-corrected chi connectivity index (χ3v) is 6.12. The molecule has 164 valence electrons. The highest BCUT2D eigenvalue weighted by Crippen LogP contribution is 2.21. The van der Waals surface area contributed by atoms with Crippen molar-refractivity contribution in [1.29, 1.82) is 0 Å². The normalized spacial score (nSPS) is 16.4. The molecule has 0 unspecified atom stereocenters. The van der Waals surface area contributed by atoms with E-state index in [-0.39, 0.29) is 18.4 Å². The molecule has 8 nitrogen and oxygen atoms in total. The second kappa shape index (κ2) is 8.70. The smallest absolute Gasteiger partial charge is 0.312 e. The van der Waals surface area contributed by atoms with E-state index in [0.717, 1.165) is 35.5 Å². The van der Waals surface area contributed by atoms with Crippen molar-refractivity contribution in [3.05, 3.63) is 46.2 Å². The molecule has 2 aliphatic rings. The first kappa shape index (κ1) is 21.4. The SMILES string of the molecule is Cc1nn(-c2ccc(Cl)cc2)c(C)c1CC(=O)N1CCN(C(=O)C(=O)NC2CC2)CC1. The summed E-state index contributed by atoms with van der Waals surface area (Å²) in [5.41, 5.74) is 3.52. The number of benzene rings is 1. The minimum Gasteiger partial charge on any atom is -0.345 e. The van der Waals surface area contributed by atoms with E-state index < -0.39 is 11.8 Å². The summed E-state index contributed by atoms with van der Waals surface area (Å²) in [4.78, 5) is 40.4. The molecule has 9 heteroatoms. The second-order valence-electron chi connectivity index (χ2n) is 8.14. The van der Waals surface area contributed by atoms with Gasteiger partial charge >= 0.3 is 11.8 Å². The van der Waals surface area contributed by atoms with Gasteiger partial charge in [0.05, 0.1) is 17.8 Å². The summed E-state index contributed by atoms with van der Waals surface area (Å²) in [6, 6.07) is 7.55. The molecular formula is C22H26ClN5O3. The van der Waals surface area contributed by atoms with Crippen LogP contribution >= 0.6 is 11.6 Å². The fourth-order valence-electron chi connectivity index (χ4n) is 3.80. The first-order chi connectivity index (χ1) is 14.8. The summed E-state index contributed by atoms with van der Waals surface area (Å²) in [7, 11) is 0. The summed E-state index contributed by atoms with van der Waals surface area (Å²) in [6.45, 7) is 5.42. The van der Waals surface area contributed by atoms with Crippen LogP contribution in [0.1, 0.15) is 29.8 Å². The molecule has 1 saturated carbocycles. The number of amides is 3. The lowest BCUT2D eigenvalue weighted by atomic mass is 10.1. The fourth-order valence-corrected chi connectivity index (χ4v) is 3.93. The van der Waals surface area contributed by atoms with Crippen LogP contribution < -0.4 is 5.32 Å². The first-order valence-corrected chi connectivity index (χ1v) is 10.9. The van der Waals surface area contributed by atoms with Crippen molar-refractivity contribution in [3.63, 3.8) is 0 Å². The number of carbonyl (C=O) groups is 3. The van der Waals surface area contributed by atoms with E-state index >= 15 is 0 Å². The average Bonchev–Trinajstić information content (AvgIpc) is 3.54. The van der Waals surface area contributed by atoms with Gasteiger partial charge in [0.25, 0.3) is 0 Å². The Balaban J connectivity index is 1.36. The van der Waals surface area contributed by atoms with Gasteiger partial charge in [0.1, 0.15) is 0 Å². The third kappa shape index (κ3) is 4.74. The zero-order valence-corrected chi connectivity index (χ0v) is 18.5. The first-order valence-electron chi connectivity index (χ1n) is 10.5. The lowest BCUT2D eigenvalue weighted by Gasteiger charge is -2.34. The summed E-state index contributed by atoms with van der Waals surface area (Å²) in [5.74, 6) is -1.05. The number of halogens is 1. The van der Waals surface area contributed by atoms with Gasteiger partial charge in [0.2, 0.25) is 5.91 Å². The highest BCUT2D eigenvalue weighted by atomic mass is 35.5.